The van der Waals surface area contributed by atoms with Crippen LogP contribution in [0.2, 0.25) is 0 Å². The summed E-state index contributed by atoms with van der Waals surface area (Å²) < 4.78 is 5.75. The molecule has 1 N–H and O–H groups in total. The van der Waals surface area contributed by atoms with Crippen LogP contribution in [-0.2, 0) is 6.42 Å². The van der Waals surface area contributed by atoms with E-state index < -0.39 is 5.91 Å². The Bertz CT molecular complexity index is 982. The molecule has 0 radical (unpaired) electrons. The van der Waals surface area contributed by atoms with E-state index in [0.717, 1.165) is 22.6 Å². The van der Waals surface area contributed by atoms with Crippen LogP contribution in [0, 0.1) is 5.92 Å². The molecule has 1 unspecified atom stereocenters. The number of nitrogens with one attached hydrogen (secondary N) is 1. The van der Waals surface area contributed by atoms with Crippen molar-refractivity contribution < 1.29 is 19.1 Å². The highest BCUT2D eigenvalue weighted by Gasteiger charge is 2.35. The number of fused-ring (bicyclic) bond motifs is 2. The highest BCUT2D eigenvalue weighted by Crippen LogP contribution is 2.27. The van der Waals surface area contributed by atoms with Crippen molar-refractivity contribution in [1.29, 1.82) is 0 Å². The molecule has 2 heterocycles. The van der Waals surface area contributed by atoms with Crippen LogP contribution >= 0.6 is 0 Å². The standard InChI is InChI=1S/C22H20N2O4/c1-2-9-24-21(26)17-8-7-16(11-18(17)22(24)27)20(25)23-12-14-10-15-5-3-4-6-19(15)28-13-14/h2-8,11,14H,1,9-10,12-13H2,(H,23,25). The molecule has 0 spiro atoms. The Balaban J connectivity index is 1.42. The smallest absolute Gasteiger partial charge is 0.261 e. The number of rotatable bonds is 5. The fraction of sp³-hybridized carbons (Fsp3) is 0.227. The molecule has 0 aromatic heterocycles. The van der Waals surface area contributed by atoms with Crippen molar-refractivity contribution in [2.45, 2.75) is 6.42 Å². The van der Waals surface area contributed by atoms with Gasteiger partial charge in [-0.25, -0.2) is 0 Å². The van der Waals surface area contributed by atoms with Gasteiger partial charge in [-0.1, -0.05) is 24.3 Å². The van der Waals surface area contributed by atoms with E-state index in [-0.39, 0.29) is 29.8 Å². The molecule has 0 saturated carbocycles. The van der Waals surface area contributed by atoms with Crippen molar-refractivity contribution in [1.82, 2.24) is 10.2 Å². The number of amides is 3. The van der Waals surface area contributed by atoms with Crippen molar-refractivity contribution in [3.05, 3.63) is 77.4 Å². The van der Waals surface area contributed by atoms with Crippen molar-refractivity contribution >= 4 is 17.7 Å². The quantitative estimate of drug-likeness (QED) is 0.642. The number of carbonyl (C=O) groups is 3. The first-order chi connectivity index (χ1) is 13.6. The van der Waals surface area contributed by atoms with Gasteiger partial charge in [-0.2, -0.15) is 0 Å². The topological polar surface area (TPSA) is 75.7 Å². The zero-order chi connectivity index (χ0) is 19.7. The van der Waals surface area contributed by atoms with E-state index in [0.29, 0.717) is 24.3 Å². The number of ether oxygens (including phenoxy) is 1. The predicted octanol–water partition coefficient (Wildman–Crippen LogP) is 2.45. The summed E-state index contributed by atoms with van der Waals surface area (Å²) in [6.07, 6.45) is 2.34. The van der Waals surface area contributed by atoms with Gasteiger partial charge < -0.3 is 10.1 Å². The van der Waals surface area contributed by atoms with E-state index >= 15 is 0 Å². The summed E-state index contributed by atoms with van der Waals surface area (Å²) in [5, 5.41) is 2.91. The second-order valence-corrected chi connectivity index (χ2v) is 6.97. The minimum Gasteiger partial charge on any atom is -0.493 e. The van der Waals surface area contributed by atoms with Crippen LogP contribution in [0.3, 0.4) is 0 Å². The van der Waals surface area contributed by atoms with Crippen LogP contribution < -0.4 is 10.1 Å². The first-order valence-electron chi connectivity index (χ1n) is 9.18. The molecule has 2 aliphatic heterocycles. The number of imide groups is 1. The predicted molar refractivity (Wildman–Crippen MR) is 103 cm³/mol. The lowest BCUT2D eigenvalue weighted by Gasteiger charge is -2.25. The molecule has 0 aliphatic carbocycles. The zero-order valence-corrected chi connectivity index (χ0v) is 15.3. The van der Waals surface area contributed by atoms with Gasteiger partial charge in [0.15, 0.2) is 0 Å². The van der Waals surface area contributed by atoms with Gasteiger partial charge in [0.1, 0.15) is 5.75 Å². The van der Waals surface area contributed by atoms with Crippen LogP contribution in [0.25, 0.3) is 0 Å². The highest BCUT2D eigenvalue weighted by atomic mass is 16.5. The minimum absolute atomic E-state index is 0.150. The van der Waals surface area contributed by atoms with Gasteiger partial charge in [0, 0.05) is 24.6 Å². The summed E-state index contributed by atoms with van der Waals surface area (Å²) in [4.78, 5) is 38.3. The van der Waals surface area contributed by atoms with E-state index in [9.17, 15) is 14.4 Å². The summed E-state index contributed by atoms with van der Waals surface area (Å²) in [6.45, 7) is 4.73. The second-order valence-electron chi connectivity index (χ2n) is 6.97. The monoisotopic (exact) mass is 376 g/mol. The second kappa shape index (κ2) is 7.31. The average molecular weight is 376 g/mol. The number of hydrogen-bond donors (Lipinski definition) is 1. The van der Waals surface area contributed by atoms with Gasteiger partial charge >= 0.3 is 0 Å². The maximum absolute atomic E-state index is 12.6. The van der Waals surface area contributed by atoms with E-state index in [1.165, 1.54) is 18.2 Å². The van der Waals surface area contributed by atoms with Gasteiger partial charge in [-0.05, 0) is 36.2 Å². The van der Waals surface area contributed by atoms with Crippen LogP contribution in [0.15, 0.2) is 55.1 Å². The molecule has 28 heavy (non-hydrogen) atoms. The number of hydrogen-bond acceptors (Lipinski definition) is 4. The van der Waals surface area contributed by atoms with Crippen molar-refractivity contribution in [2.75, 3.05) is 19.7 Å². The summed E-state index contributed by atoms with van der Waals surface area (Å²) in [7, 11) is 0. The van der Waals surface area contributed by atoms with Crippen LogP contribution in [0.5, 0.6) is 5.75 Å². The molecule has 2 aromatic carbocycles. The lowest BCUT2D eigenvalue weighted by atomic mass is 9.96. The molecule has 142 valence electrons. The molecule has 2 aromatic rings. The van der Waals surface area contributed by atoms with Crippen LogP contribution in [0.1, 0.15) is 36.6 Å². The van der Waals surface area contributed by atoms with E-state index in [4.69, 9.17) is 4.74 Å². The molecule has 3 amide bonds. The summed E-state index contributed by atoms with van der Waals surface area (Å²) in [5.41, 5.74) is 2.07. The summed E-state index contributed by atoms with van der Waals surface area (Å²) in [5.74, 6) is 0.0521. The van der Waals surface area contributed by atoms with E-state index in [2.05, 4.69) is 11.9 Å². The number of carbonyl (C=O) groups excluding carboxylic acids is 3. The molecule has 2 aliphatic rings. The maximum atomic E-state index is 12.6. The molecular weight excluding hydrogens is 356 g/mol. The van der Waals surface area contributed by atoms with Gasteiger partial charge in [-0.3, -0.25) is 19.3 Å². The van der Waals surface area contributed by atoms with Gasteiger partial charge in [0.2, 0.25) is 0 Å². The number of para-hydroxylation sites is 1. The van der Waals surface area contributed by atoms with Crippen molar-refractivity contribution in [3.8, 4) is 5.75 Å². The Morgan fingerprint density at radius 2 is 1.96 bits per heavy atom. The fourth-order valence-electron chi connectivity index (χ4n) is 3.59. The molecule has 4 rings (SSSR count). The van der Waals surface area contributed by atoms with Crippen LogP contribution in [0.4, 0.5) is 0 Å². The minimum atomic E-state index is -0.396. The molecular formula is C22H20N2O4. The van der Waals surface area contributed by atoms with E-state index in [1.54, 1.807) is 6.07 Å². The normalized spacial score (nSPS) is 17.6. The van der Waals surface area contributed by atoms with E-state index in [1.807, 2.05) is 24.3 Å². The lowest BCUT2D eigenvalue weighted by Crippen LogP contribution is -2.34. The molecule has 0 bridgehead atoms. The largest absolute Gasteiger partial charge is 0.493 e. The van der Waals surface area contributed by atoms with Crippen molar-refractivity contribution in [2.24, 2.45) is 5.92 Å². The Kier molecular flexibility index (Phi) is 4.69. The number of benzene rings is 2. The lowest BCUT2D eigenvalue weighted by molar-refractivity contribution is 0.0672. The number of nitrogens with zero attached hydrogens (tertiary/aromatic N) is 1. The summed E-state index contributed by atoms with van der Waals surface area (Å²) in [6, 6.07) is 12.5. The summed E-state index contributed by atoms with van der Waals surface area (Å²) >= 11 is 0. The van der Waals surface area contributed by atoms with Crippen molar-refractivity contribution in [3.63, 3.8) is 0 Å². The zero-order valence-electron chi connectivity index (χ0n) is 15.3. The first kappa shape index (κ1) is 18.0. The van der Waals surface area contributed by atoms with Gasteiger partial charge in [0.05, 0.1) is 17.7 Å². The Labute approximate surface area is 162 Å². The molecule has 0 fully saturated rings. The maximum Gasteiger partial charge on any atom is 0.261 e. The van der Waals surface area contributed by atoms with Crippen LogP contribution in [-0.4, -0.2) is 42.3 Å². The molecule has 6 heteroatoms. The first-order valence-corrected chi connectivity index (χ1v) is 9.18. The molecule has 6 nitrogen and oxygen atoms in total. The highest BCUT2D eigenvalue weighted by molar-refractivity contribution is 6.22. The molecule has 0 saturated heterocycles. The van der Waals surface area contributed by atoms with Gasteiger partial charge in [0.25, 0.3) is 17.7 Å². The Morgan fingerprint density at radius 1 is 1.18 bits per heavy atom. The Hall–Kier alpha value is -3.41. The molecule has 1 atom stereocenters. The Morgan fingerprint density at radius 3 is 2.79 bits per heavy atom. The third-order valence-electron chi connectivity index (χ3n) is 5.05. The third-order valence-corrected chi connectivity index (χ3v) is 5.05. The fourth-order valence-corrected chi connectivity index (χ4v) is 3.59. The van der Waals surface area contributed by atoms with Gasteiger partial charge in [-0.15, -0.1) is 6.58 Å². The third kappa shape index (κ3) is 3.17. The SMILES string of the molecule is C=CCN1C(=O)c2ccc(C(=O)NCC3COc4ccccc4C3)cc2C1=O. The average Bonchev–Trinajstić information content (AvgIpc) is 2.96.